The highest BCUT2D eigenvalue weighted by Gasteiger charge is 2.15. The summed E-state index contributed by atoms with van der Waals surface area (Å²) >= 11 is 0. The molecule has 0 fully saturated rings. The van der Waals surface area contributed by atoms with Gasteiger partial charge in [-0.05, 0) is 36.8 Å². The molecule has 4 heteroatoms. The molecule has 0 radical (unpaired) electrons. The Kier molecular flexibility index (Phi) is 3.24. The van der Waals surface area contributed by atoms with Gasteiger partial charge in [0.15, 0.2) is 5.76 Å². The molecule has 0 spiro atoms. The van der Waals surface area contributed by atoms with Gasteiger partial charge in [0.05, 0.1) is 5.69 Å². The largest absolute Gasteiger partial charge is 0.454 e. The summed E-state index contributed by atoms with van der Waals surface area (Å²) in [6.07, 6.45) is 1.97. The molecular weight excluding hydrogens is 286 g/mol. The zero-order valence-electron chi connectivity index (χ0n) is 12.9. The summed E-state index contributed by atoms with van der Waals surface area (Å²) in [5.41, 5.74) is 10.7. The molecule has 2 aromatic carbocycles. The number of nitrogens with zero attached hydrogens (tertiary/aromatic N) is 2. The van der Waals surface area contributed by atoms with Gasteiger partial charge in [-0.25, -0.2) is 4.68 Å². The number of benzene rings is 2. The minimum absolute atomic E-state index is 0.415. The summed E-state index contributed by atoms with van der Waals surface area (Å²) in [4.78, 5) is 0. The van der Waals surface area contributed by atoms with Crippen LogP contribution in [0.3, 0.4) is 0 Å². The summed E-state index contributed by atoms with van der Waals surface area (Å²) in [7, 11) is 0. The van der Waals surface area contributed by atoms with Gasteiger partial charge in [-0.2, -0.15) is 5.10 Å². The van der Waals surface area contributed by atoms with Crippen LogP contribution in [0.25, 0.3) is 28.1 Å². The van der Waals surface area contributed by atoms with Gasteiger partial charge >= 0.3 is 0 Å². The van der Waals surface area contributed by atoms with E-state index in [1.807, 2.05) is 53.3 Å². The Bertz CT molecular complexity index is 948. The second-order valence-electron chi connectivity index (χ2n) is 5.64. The number of para-hydroxylation sites is 1. The van der Waals surface area contributed by atoms with Crippen LogP contribution in [0.5, 0.6) is 0 Å². The number of rotatable bonds is 3. The average molecular weight is 303 g/mol. The third-order valence-electron chi connectivity index (χ3n) is 3.94. The molecule has 0 saturated heterocycles. The van der Waals surface area contributed by atoms with E-state index in [2.05, 4.69) is 19.1 Å². The van der Waals surface area contributed by atoms with Crippen molar-refractivity contribution in [1.82, 2.24) is 9.78 Å². The lowest BCUT2D eigenvalue weighted by Gasteiger charge is -2.01. The van der Waals surface area contributed by atoms with Crippen LogP contribution in [-0.4, -0.2) is 9.78 Å². The van der Waals surface area contributed by atoms with Gasteiger partial charge in [0, 0.05) is 23.7 Å². The summed E-state index contributed by atoms with van der Waals surface area (Å²) in [6.45, 7) is 2.48. The van der Waals surface area contributed by atoms with Crippen molar-refractivity contribution in [3.63, 3.8) is 0 Å². The number of aromatic nitrogens is 2. The van der Waals surface area contributed by atoms with Crippen LogP contribution in [0.15, 0.2) is 65.2 Å². The lowest BCUT2D eigenvalue weighted by Crippen LogP contribution is -1.96. The van der Waals surface area contributed by atoms with Gasteiger partial charge in [0.2, 0.25) is 0 Å². The lowest BCUT2D eigenvalue weighted by molar-refractivity contribution is 0.626. The van der Waals surface area contributed by atoms with E-state index in [1.54, 1.807) is 0 Å². The third kappa shape index (κ3) is 2.43. The fraction of sp³-hybridized carbons (Fsp3) is 0.105. The SMILES string of the molecule is Cc1cccc(-n2cc(CN)c(-c3cc4ccccc4o3)n2)c1. The molecule has 0 unspecified atom stereocenters. The molecule has 2 heterocycles. The first kappa shape index (κ1) is 13.8. The number of hydrogen-bond acceptors (Lipinski definition) is 3. The van der Waals surface area contributed by atoms with Crippen molar-refractivity contribution in [3.8, 4) is 17.1 Å². The topological polar surface area (TPSA) is 57.0 Å². The van der Waals surface area contributed by atoms with E-state index >= 15 is 0 Å². The molecule has 0 aliphatic carbocycles. The molecular formula is C19H17N3O. The van der Waals surface area contributed by atoms with Gasteiger partial charge in [0.25, 0.3) is 0 Å². The molecule has 4 rings (SSSR count). The van der Waals surface area contributed by atoms with Crippen LogP contribution in [-0.2, 0) is 6.54 Å². The summed E-state index contributed by atoms with van der Waals surface area (Å²) < 4.78 is 7.80. The first-order chi connectivity index (χ1) is 11.2. The van der Waals surface area contributed by atoms with Gasteiger partial charge in [-0.3, -0.25) is 0 Å². The van der Waals surface area contributed by atoms with Gasteiger partial charge in [0.1, 0.15) is 11.3 Å². The second-order valence-corrected chi connectivity index (χ2v) is 5.64. The molecule has 0 aliphatic rings. The molecule has 4 aromatic rings. The van der Waals surface area contributed by atoms with Crippen molar-refractivity contribution < 1.29 is 4.42 Å². The van der Waals surface area contributed by atoms with Crippen LogP contribution in [0.1, 0.15) is 11.1 Å². The van der Waals surface area contributed by atoms with E-state index in [1.165, 1.54) is 5.56 Å². The standard InChI is InChI=1S/C19H17N3O/c1-13-5-4-7-16(9-13)22-12-15(11-20)19(21-22)18-10-14-6-2-3-8-17(14)23-18/h2-10,12H,11,20H2,1H3. The Hall–Kier alpha value is -2.85. The maximum atomic E-state index is 5.94. The number of furan rings is 1. The monoisotopic (exact) mass is 303 g/mol. The van der Waals surface area contributed by atoms with E-state index in [4.69, 9.17) is 15.2 Å². The average Bonchev–Trinajstić information content (AvgIpc) is 3.18. The smallest absolute Gasteiger partial charge is 0.156 e. The molecule has 0 aliphatic heterocycles. The van der Waals surface area contributed by atoms with E-state index < -0.39 is 0 Å². The predicted octanol–water partition coefficient (Wildman–Crippen LogP) is 4.05. The molecule has 2 N–H and O–H groups in total. The van der Waals surface area contributed by atoms with Crippen molar-refractivity contribution in [1.29, 1.82) is 0 Å². The zero-order chi connectivity index (χ0) is 15.8. The second kappa shape index (κ2) is 5.41. The van der Waals surface area contributed by atoms with Crippen molar-refractivity contribution in [2.45, 2.75) is 13.5 Å². The number of fused-ring (bicyclic) bond motifs is 1. The minimum Gasteiger partial charge on any atom is -0.454 e. The number of aryl methyl sites for hydroxylation is 1. The van der Waals surface area contributed by atoms with Gasteiger partial charge in [-0.15, -0.1) is 0 Å². The Morgan fingerprint density at radius 2 is 1.96 bits per heavy atom. The zero-order valence-corrected chi connectivity index (χ0v) is 12.9. The Labute approximate surface area is 134 Å². The molecule has 4 nitrogen and oxygen atoms in total. The van der Waals surface area contributed by atoms with E-state index in [9.17, 15) is 0 Å². The first-order valence-electron chi connectivity index (χ1n) is 7.59. The summed E-state index contributed by atoms with van der Waals surface area (Å²) in [6, 6.07) is 18.2. The van der Waals surface area contributed by atoms with Gasteiger partial charge in [-0.1, -0.05) is 30.3 Å². The highest BCUT2D eigenvalue weighted by molar-refractivity contribution is 5.82. The highest BCUT2D eigenvalue weighted by Crippen LogP contribution is 2.29. The molecule has 0 bridgehead atoms. The maximum absolute atomic E-state index is 5.94. The Morgan fingerprint density at radius 3 is 2.74 bits per heavy atom. The Morgan fingerprint density at radius 1 is 1.09 bits per heavy atom. The number of nitrogens with two attached hydrogens (primary N) is 1. The lowest BCUT2D eigenvalue weighted by atomic mass is 10.2. The summed E-state index contributed by atoms with van der Waals surface area (Å²) in [5, 5.41) is 5.77. The fourth-order valence-corrected chi connectivity index (χ4v) is 2.77. The third-order valence-corrected chi connectivity index (χ3v) is 3.94. The highest BCUT2D eigenvalue weighted by atomic mass is 16.3. The van der Waals surface area contributed by atoms with Crippen LogP contribution in [0.2, 0.25) is 0 Å². The quantitative estimate of drug-likeness (QED) is 0.621. The minimum atomic E-state index is 0.415. The molecule has 0 atom stereocenters. The van der Waals surface area contributed by atoms with Crippen LogP contribution >= 0.6 is 0 Å². The summed E-state index contributed by atoms with van der Waals surface area (Å²) in [5.74, 6) is 0.748. The predicted molar refractivity (Wildman–Crippen MR) is 91.4 cm³/mol. The molecule has 2 aromatic heterocycles. The van der Waals surface area contributed by atoms with Crippen LogP contribution < -0.4 is 5.73 Å². The molecule has 0 saturated carbocycles. The van der Waals surface area contributed by atoms with Crippen LogP contribution in [0.4, 0.5) is 0 Å². The van der Waals surface area contributed by atoms with E-state index in [0.717, 1.165) is 33.7 Å². The van der Waals surface area contributed by atoms with E-state index in [-0.39, 0.29) is 0 Å². The maximum Gasteiger partial charge on any atom is 0.156 e. The van der Waals surface area contributed by atoms with Crippen molar-refractivity contribution in [2.75, 3.05) is 0 Å². The normalized spacial score (nSPS) is 11.2. The van der Waals surface area contributed by atoms with Crippen LogP contribution in [0, 0.1) is 6.92 Å². The van der Waals surface area contributed by atoms with E-state index in [0.29, 0.717) is 6.54 Å². The first-order valence-corrected chi connectivity index (χ1v) is 7.59. The van der Waals surface area contributed by atoms with Crippen molar-refractivity contribution >= 4 is 11.0 Å². The molecule has 23 heavy (non-hydrogen) atoms. The molecule has 0 amide bonds. The number of hydrogen-bond donors (Lipinski definition) is 1. The fourth-order valence-electron chi connectivity index (χ4n) is 2.77. The molecule has 114 valence electrons. The van der Waals surface area contributed by atoms with Crippen molar-refractivity contribution in [3.05, 3.63) is 71.9 Å². The van der Waals surface area contributed by atoms with Gasteiger partial charge < -0.3 is 10.2 Å². The Balaban J connectivity index is 1.85. The van der Waals surface area contributed by atoms with Crippen molar-refractivity contribution in [2.24, 2.45) is 5.73 Å².